The van der Waals surface area contributed by atoms with Crippen LogP contribution in [-0.4, -0.2) is 34.5 Å². The summed E-state index contributed by atoms with van der Waals surface area (Å²) in [6, 6.07) is 7.41. The van der Waals surface area contributed by atoms with Crippen LogP contribution in [0.3, 0.4) is 0 Å². The summed E-state index contributed by atoms with van der Waals surface area (Å²) in [4.78, 5) is 29.4. The van der Waals surface area contributed by atoms with Gasteiger partial charge in [0.05, 0.1) is 6.10 Å². The number of unbranched alkanes of at least 4 members (excludes halogenated alkanes) is 1. The van der Waals surface area contributed by atoms with Crippen LogP contribution < -0.4 is 16.4 Å². The SMILES string of the molecule is CCCCC(NC(=O)c1[nH]c2c(c1C)C(O)CC(C)(C)C2)C(=O)NCc1ccc(CCN)cc1. The zero-order chi connectivity index (χ0) is 24.9. The van der Waals surface area contributed by atoms with Gasteiger partial charge in [-0.25, -0.2) is 0 Å². The van der Waals surface area contributed by atoms with E-state index in [0.29, 0.717) is 31.6 Å². The van der Waals surface area contributed by atoms with Crippen molar-refractivity contribution in [1.29, 1.82) is 0 Å². The Morgan fingerprint density at radius 3 is 2.56 bits per heavy atom. The number of carbonyl (C=O) groups excluding carboxylic acids is 2. The number of hydrogen-bond donors (Lipinski definition) is 5. The number of hydrogen-bond acceptors (Lipinski definition) is 4. The standard InChI is InChI=1S/C27H40N4O3/c1-5-6-7-20(25(33)29-16-19-10-8-18(9-11-19)12-13-28)31-26(34)24-17(2)23-21(30-24)14-27(3,4)15-22(23)32/h8-11,20,22,30,32H,5-7,12-16,28H2,1-4H3,(H,29,33)(H,31,34). The van der Waals surface area contributed by atoms with Crippen molar-refractivity contribution in [3.63, 3.8) is 0 Å². The van der Waals surface area contributed by atoms with Crippen LogP contribution in [0, 0.1) is 12.3 Å². The van der Waals surface area contributed by atoms with Crippen molar-refractivity contribution in [1.82, 2.24) is 15.6 Å². The van der Waals surface area contributed by atoms with Crippen LogP contribution in [0.5, 0.6) is 0 Å². The van der Waals surface area contributed by atoms with Gasteiger partial charge in [0.25, 0.3) is 5.91 Å². The lowest BCUT2D eigenvalue weighted by atomic mass is 9.75. The first-order valence-corrected chi connectivity index (χ1v) is 12.4. The molecule has 34 heavy (non-hydrogen) atoms. The highest BCUT2D eigenvalue weighted by atomic mass is 16.3. The summed E-state index contributed by atoms with van der Waals surface area (Å²) in [7, 11) is 0. The monoisotopic (exact) mass is 468 g/mol. The summed E-state index contributed by atoms with van der Waals surface area (Å²) in [5.41, 5.74) is 10.7. The Balaban J connectivity index is 1.68. The Morgan fingerprint density at radius 2 is 1.91 bits per heavy atom. The first-order chi connectivity index (χ1) is 16.1. The molecule has 0 bridgehead atoms. The number of rotatable bonds is 10. The Bertz CT molecular complexity index is 994. The molecule has 7 heteroatoms. The van der Waals surface area contributed by atoms with E-state index in [1.54, 1.807) is 0 Å². The van der Waals surface area contributed by atoms with Gasteiger partial charge in [0.15, 0.2) is 0 Å². The molecule has 1 aromatic heterocycles. The van der Waals surface area contributed by atoms with Crippen molar-refractivity contribution in [3.05, 3.63) is 57.9 Å². The molecule has 2 amide bonds. The van der Waals surface area contributed by atoms with Gasteiger partial charge in [-0.2, -0.15) is 0 Å². The lowest BCUT2D eigenvalue weighted by molar-refractivity contribution is -0.123. The number of aromatic nitrogens is 1. The molecule has 0 radical (unpaired) electrons. The van der Waals surface area contributed by atoms with Gasteiger partial charge in [-0.15, -0.1) is 0 Å². The van der Waals surface area contributed by atoms with E-state index >= 15 is 0 Å². The van der Waals surface area contributed by atoms with E-state index in [0.717, 1.165) is 48.1 Å². The normalized spacial score (nSPS) is 17.6. The fourth-order valence-corrected chi connectivity index (χ4v) is 4.88. The molecule has 1 aromatic carbocycles. The molecular weight excluding hydrogens is 428 g/mol. The smallest absolute Gasteiger partial charge is 0.268 e. The quantitative estimate of drug-likeness (QED) is 0.367. The van der Waals surface area contributed by atoms with Gasteiger partial charge in [-0.05, 0) is 61.3 Å². The Hall–Kier alpha value is -2.64. The number of benzene rings is 1. The second-order valence-electron chi connectivity index (χ2n) is 10.3. The number of aliphatic hydroxyl groups is 1. The number of nitrogens with two attached hydrogens (primary N) is 1. The van der Waals surface area contributed by atoms with Crippen molar-refractivity contribution >= 4 is 11.8 Å². The maximum Gasteiger partial charge on any atom is 0.268 e. The van der Waals surface area contributed by atoms with E-state index in [-0.39, 0.29) is 17.2 Å². The molecule has 0 spiro atoms. The summed E-state index contributed by atoms with van der Waals surface area (Å²) in [6.45, 7) is 9.16. The molecule has 2 atom stereocenters. The lowest BCUT2D eigenvalue weighted by Gasteiger charge is -2.33. The minimum Gasteiger partial charge on any atom is -0.388 e. The van der Waals surface area contributed by atoms with Crippen molar-refractivity contribution in [2.24, 2.45) is 11.1 Å². The summed E-state index contributed by atoms with van der Waals surface area (Å²) < 4.78 is 0. The van der Waals surface area contributed by atoms with Crippen LogP contribution >= 0.6 is 0 Å². The molecule has 2 unspecified atom stereocenters. The molecule has 0 aliphatic heterocycles. The molecule has 0 fully saturated rings. The van der Waals surface area contributed by atoms with E-state index in [4.69, 9.17) is 5.73 Å². The number of H-pyrrole nitrogens is 1. The molecule has 1 heterocycles. The van der Waals surface area contributed by atoms with Gasteiger partial charge in [0.1, 0.15) is 11.7 Å². The van der Waals surface area contributed by atoms with E-state index in [1.807, 2.05) is 31.2 Å². The average molecular weight is 469 g/mol. The first kappa shape index (κ1) is 26.0. The molecule has 1 aliphatic carbocycles. The van der Waals surface area contributed by atoms with Crippen LogP contribution in [0.25, 0.3) is 0 Å². The fraction of sp³-hybridized carbons (Fsp3) is 0.556. The number of aromatic amines is 1. The Labute approximate surface area is 202 Å². The molecule has 3 rings (SSSR count). The summed E-state index contributed by atoms with van der Waals surface area (Å²) in [6.07, 6.45) is 4.00. The first-order valence-electron chi connectivity index (χ1n) is 12.4. The summed E-state index contributed by atoms with van der Waals surface area (Å²) >= 11 is 0. The zero-order valence-electron chi connectivity index (χ0n) is 21.0. The Morgan fingerprint density at radius 1 is 1.24 bits per heavy atom. The van der Waals surface area contributed by atoms with Crippen LogP contribution in [-0.2, 0) is 24.2 Å². The zero-order valence-corrected chi connectivity index (χ0v) is 21.0. The van der Waals surface area contributed by atoms with Crippen molar-refractivity contribution in [3.8, 4) is 0 Å². The molecule has 6 N–H and O–H groups in total. The second kappa shape index (κ2) is 11.2. The highest BCUT2D eigenvalue weighted by Gasteiger charge is 2.35. The lowest BCUT2D eigenvalue weighted by Crippen LogP contribution is -2.46. The van der Waals surface area contributed by atoms with Crippen molar-refractivity contribution < 1.29 is 14.7 Å². The fourth-order valence-electron chi connectivity index (χ4n) is 4.88. The van der Waals surface area contributed by atoms with Gasteiger partial charge in [-0.3, -0.25) is 9.59 Å². The number of amides is 2. The van der Waals surface area contributed by atoms with Crippen molar-refractivity contribution in [2.45, 2.75) is 84.9 Å². The molecule has 0 saturated heterocycles. The largest absolute Gasteiger partial charge is 0.388 e. The van der Waals surface area contributed by atoms with Gasteiger partial charge in [0, 0.05) is 17.8 Å². The predicted octanol–water partition coefficient (Wildman–Crippen LogP) is 3.44. The predicted molar refractivity (Wildman–Crippen MR) is 134 cm³/mol. The van der Waals surface area contributed by atoms with Crippen LogP contribution in [0.15, 0.2) is 24.3 Å². The van der Waals surface area contributed by atoms with Gasteiger partial charge in [-0.1, -0.05) is 57.9 Å². The molecule has 186 valence electrons. The van der Waals surface area contributed by atoms with Crippen molar-refractivity contribution in [2.75, 3.05) is 6.54 Å². The van der Waals surface area contributed by atoms with Gasteiger partial charge >= 0.3 is 0 Å². The van der Waals surface area contributed by atoms with Crippen LogP contribution in [0.4, 0.5) is 0 Å². The molecule has 7 nitrogen and oxygen atoms in total. The number of carbonyl (C=O) groups is 2. The topological polar surface area (TPSA) is 120 Å². The third-order valence-electron chi connectivity index (χ3n) is 6.73. The second-order valence-corrected chi connectivity index (χ2v) is 10.3. The molecule has 1 aliphatic rings. The maximum atomic E-state index is 13.2. The van der Waals surface area contributed by atoms with E-state index in [1.165, 1.54) is 5.56 Å². The number of nitrogens with one attached hydrogen (secondary N) is 3. The molecule has 0 saturated carbocycles. The van der Waals surface area contributed by atoms with Crippen LogP contribution in [0.2, 0.25) is 0 Å². The Kier molecular flexibility index (Phi) is 8.55. The van der Waals surface area contributed by atoms with E-state index in [2.05, 4.69) is 36.4 Å². The van der Waals surface area contributed by atoms with Gasteiger partial charge < -0.3 is 26.5 Å². The summed E-state index contributed by atoms with van der Waals surface area (Å²) in [5, 5.41) is 16.6. The minimum absolute atomic E-state index is 0.0382. The highest BCUT2D eigenvalue weighted by molar-refractivity contribution is 5.97. The molecular formula is C27H40N4O3. The number of fused-ring (bicyclic) bond motifs is 1. The molecule has 2 aromatic rings. The van der Waals surface area contributed by atoms with E-state index in [9.17, 15) is 14.7 Å². The maximum absolute atomic E-state index is 13.2. The number of aliphatic hydroxyl groups excluding tert-OH is 1. The van der Waals surface area contributed by atoms with E-state index < -0.39 is 12.1 Å². The minimum atomic E-state index is -0.620. The summed E-state index contributed by atoms with van der Waals surface area (Å²) in [5.74, 6) is -0.498. The third kappa shape index (κ3) is 6.27. The third-order valence-corrected chi connectivity index (χ3v) is 6.73. The van der Waals surface area contributed by atoms with Gasteiger partial charge in [0.2, 0.25) is 5.91 Å². The van der Waals surface area contributed by atoms with Crippen LogP contribution in [0.1, 0.15) is 91.0 Å². The highest BCUT2D eigenvalue weighted by Crippen LogP contribution is 2.42. The average Bonchev–Trinajstić information content (AvgIpc) is 3.11.